The highest BCUT2D eigenvalue weighted by Gasteiger charge is 2.45. The molecule has 0 saturated carbocycles. The van der Waals surface area contributed by atoms with Crippen molar-refractivity contribution >= 4 is 35.4 Å². The fraction of sp³-hybridized carbons (Fsp3) is 0.500. The van der Waals surface area contributed by atoms with E-state index in [4.69, 9.17) is 0 Å². The number of aromatic nitrogens is 3. The summed E-state index contributed by atoms with van der Waals surface area (Å²) in [5, 5.41) is 10.7. The Morgan fingerprint density at radius 1 is 1.17 bits per heavy atom. The largest absolute Gasteiger partial charge is 0.331 e. The Bertz CT molecular complexity index is 1240. The van der Waals surface area contributed by atoms with Gasteiger partial charge in [-0.15, -0.1) is 5.10 Å². The number of rotatable bonds is 3. The van der Waals surface area contributed by atoms with E-state index in [2.05, 4.69) is 15.6 Å². The summed E-state index contributed by atoms with van der Waals surface area (Å²) < 4.78 is 1.56. The molecule has 6 rings (SSSR count). The molecule has 3 fully saturated rings. The van der Waals surface area contributed by atoms with E-state index in [1.54, 1.807) is 23.0 Å². The van der Waals surface area contributed by atoms with Gasteiger partial charge in [0.15, 0.2) is 5.69 Å². The standard InChI is InChI=1S/C24H26N6O4S/c31-20-6-5-19(21(32)25-20)28-12-15-11-16(3-4-17(15)22(28)33)30-13-18(26-27-30)23(34)29-9-1-7-24(29)8-2-10-35-14-24/h3-4,11,13,19H,1-2,5-10,12,14H2,(H,25,31,32). The molecule has 3 saturated heterocycles. The molecule has 0 bridgehead atoms. The first-order chi connectivity index (χ1) is 16.9. The molecule has 4 aliphatic rings. The van der Waals surface area contributed by atoms with Crippen LogP contribution in [0.25, 0.3) is 5.69 Å². The molecule has 35 heavy (non-hydrogen) atoms. The molecule has 2 aromatic rings. The summed E-state index contributed by atoms with van der Waals surface area (Å²) in [6, 6.07) is 4.67. The number of nitrogens with zero attached hydrogens (tertiary/aromatic N) is 5. The molecule has 1 spiro atoms. The molecule has 0 radical (unpaired) electrons. The van der Waals surface area contributed by atoms with Crippen LogP contribution in [0, 0.1) is 0 Å². The fourth-order valence-corrected chi connectivity index (χ4v) is 7.15. The first-order valence-electron chi connectivity index (χ1n) is 12.1. The second-order valence-corrected chi connectivity index (χ2v) is 10.8. The van der Waals surface area contributed by atoms with Gasteiger partial charge in [0.25, 0.3) is 11.8 Å². The number of piperidine rings is 1. The minimum atomic E-state index is -0.655. The lowest BCUT2D eigenvalue weighted by molar-refractivity contribution is -0.136. The van der Waals surface area contributed by atoms with Crippen LogP contribution in [-0.4, -0.2) is 78.1 Å². The van der Waals surface area contributed by atoms with Gasteiger partial charge < -0.3 is 9.80 Å². The van der Waals surface area contributed by atoms with Crippen LogP contribution in [0.2, 0.25) is 0 Å². The normalized spacial score (nSPS) is 26.4. The lowest BCUT2D eigenvalue weighted by atomic mass is 9.92. The number of fused-ring (bicyclic) bond motifs is 1. The number of hydrogen-bond donors (Lipinski definition) is 1. The zero-order chi connectivity index (χ0) is 24.2. The van der Waals surface area contributed by atoms with Crippen LogP contribution < -0.4 is 5.32 Å². The molecule has 2 unspecified atom stereocenters. The van der Waals surface area contributed by atoms with Crippen LogP contribution in [0.4, 0.5) is 0 Å². The monoisotopic (exact) mass is 494 g/mol. The Hall–Kier alpha value is -3.21. The van der Waals surface area contributed by atoms with Crippen molar-refractivity contribution in [3.8, 4) is 5.69 Å². The minimum Gasteiger partial charge on any atom is -0.331 e. The summed E-state index contributed by atoms with van der Waals surface area (Å²) in [7, 11) is 0. The molecule has 0 aliphatic carbocycles. The van der Waals surface area contributed by atoms with Crippen molar-refractivity contribution in [3.05, 3.63) is 41.2 Å². The van der Waals surface area contributed by atoms with Crippen LogP contribution in [-0.2, 0) is 16.1 Å². The number of thioether (sulfide) groups is 1. The van der Waals surface area contributed by atoms with E-state index in [-0.39, 0.29) is 36.2 Å². The van der Waals surface area contributed by atoms with Gasteiger partial charge in [-0.1, -0.05) is 5.21 Å². The summed E-state index contributed by atoms with van der Waals surface area (Å²) in [4.78, 5) is 53.6. The maximum absolute atomic E-state index is 13.4. The van der Waals surface area contributed by atoms with Crippen molar-refractivity contribution in [1.29, 1.82) is 0 Å². The summed E-state index contributed by atoms with van der Waals surface area (Å²) >= 11 is 1.92. The molecule has 2 atom stereocenters. The highest BCUT2D eigenvalue weighted by molar-refractivity contribution is 7.99. The molecule has 1 aromatic carbocycles. The smallest absolute Gasteiger partial charge is 0.276 e. The molecular formula is C24H26N6O4S. The van der Waals surface area contributed by atoms with Gasteiger partial charge in [-0.2, -0.15) is 11.8 Å². The number of imide groups is 1. The topological polar surface area (TPSA) is 118 Å². The molecule has 1 aromatic heterocycles. The van der Waals surface area contributed by atoms with Gasteiger partial charge in [0.05, 0.1) is 17.4 Å². The van der Waals surface area contributed by atoms with Gasteiger partial charge >= 0.3 is 0 Å². The lowest BCUT2D eigenvalue weighted by Gasteiger charge is -2.40. The van der Waals surface area contributed by atoms with Crippen LogP contribution in [0.15, 0.2) is 24.4 Å². The van der Waals surface area contributed by atoms with E-state index < -0.39 is 11.9 Å². The quantitative estimate of drug-likeness (QED) is 0.643. The summed E-state index contributed by atoms with van der Waals surface area (Å²) in [5.74, 6) is 1.10. The first kappa shape index (κ1) is 22.3. The number of benzene rings is 1. The molecule has 10 nitrogen and oxygen atoms in total. The predicted octanol–water partition coefficient (Wildman–Crippen LogP) is 1.53. The maximum atomic E-state index is 13.4. The Balaban J connectivity index is 1.21. The predicted molar refractivity (Wildman–Crippen MR) is 127 cm³/mol. The molecule has 182 valence electrons. The van der Waals surface area contributed by atoms with E-state index in [1.165, 1.54) is 4.90 Å². The van der Waals surface area contributed by atoms with Crippen LogP contribution >= 0.6 is 11.8 Å². The number of nitrogens with one attached hydrogen (secondary N) is 1. The summed E-state index contributed by atoms with van der Waals surface area (Å²) in [6.45, 7) is 1.03. The molecule has 4 aliphatic heterocycles. The average molecular weight is 495 g/mol. The summed E-state index contributed by atoms with van der Waals surface area (Å²) in [5.41, 5.74) is 2.26. The van der Waals surface area contributed by atoms with Crippen LogP contribution in [0.3, 0.4) is 0 Å². The minimum absolute atomic E-state index is 0.0583. The zero-order valence-corrected chi connectivity index (χ0v) is 20.1. The average Bonchev–Trinajstić information content (AvgIpc) is 3.57. The molecule has 5 heterocycles. The van der Waals surface area contributed by atoms with E-state index in [9.17, 15) is 19.2 Å². The second kappa shape index (κ2) is 8.47. The highest BCUT2D eigenvalue weighted by atomic mass is 32.2. The maximum Gasteiger partial charge on any atom is 0.276 e. The van der Waals surface area contributed by atoms with Gasteiger partial charge in [0, 0.05) is 30.8 Å². The van der Waals surface area contributed by atoms with Crippen LogP contribution in [0.1, 0.15) is 64.9 Å². The Morgan fingerprint density at radius 3 is 2.83 bits per heavy atom. The Kier molecular flexibility index (Phi) is 5.39. The molecule has 1 N–H and O–H groups in total. The van der Waals surface area contributed by atoms with Gasteiger partial charge in [-0.3, -0.25) is 24.5 Å². The molecule has 4 amide bonds. The SMILES string of the molecule is O=C1CCC(N2Cc3cc(-n4cc(C(=O)N5CCCC56CCCSC6)nn4)ccc3C2=O)C(=O)N1. The first-order valence-corrected chi connectivity index (χ1v) is 13.2. The van der Waals surface area contributed by atoms with Crippen molar-refractivity contribution < 1.29 is 19.2 Å². The van der Waals surface area contributed by atoms with Gasteiger partial charge in [0.2, 0.25) is 11.8 Å². The third-order valence-electron chi connectivity index (χ3n) is 7.63. The van der Waals surface area contributed by atoms with Crippen molar-refractivity contribution in [2.24, 2.45) is 0 Å². The van der Waals surface area contributed by atoms with Crippen LogP contribution in [0.5, 0.6) is 0 Å². The second-order valence-electron chi connectivity index (χ2n) is 9.73. The Labute approximate surface area is 206 Å². The van der Waals surface area contributed by atoms with E-state index in [1.807, 2.05) is 22.7 Å². The number of carbonyl (C=O) groups excluding carboxylic acids is 4. The van der Waals surface area contributed by atoms with Crippen molar-refractivity contribution in [2.75, 3.05) is 18.1 Å². The molecule has 11 heteroatoms. The third kappa shape index (κ3) is 3.72. The van der Waals surface area contributed by atoms with Gasteiger partial charge in [0.1, 0.15) is 6.04 Å². The number of likely N-dealkylation sites (tertiary alicyclic amines) is 1. The van der Waals surface area contributed by atoms with Crippen molar-refractivity contribution in [2.45, 2.75) is 56.7 Å². The highest BCUT2D eigenvalue weighted by Crippen LogP contribution is 2.40. The van der Waals surface area contributed by atoms with Crippen molar-refractivity contribution in [1.82, 2.24) is 30.1 Å². The molecular weight excluding hydrogens is 468 g/mol. The number of carbonyl (C=O) groups is 4. The van der Waals surface area contributed by atoms with E-state index in [0.29, 0.717) is 23.4 Å². The van der Waals surface area contributed by atoms with Gasteiger partial charge in [-0.05, 0) is 61.6 Å². The van der Waals surface area contributed by atoms with E-state index >= 15 is 0 Å². The number of hydrogen-bond acceptors (Lipinski definition) is 7. The number of amides is 4. The zero-order valence-electron chi connectivity index (χ0n) is 19.2. The Morgan fingerprint density at radius 2 is 2.03 bits per heavy atom. The van der Waals surface area contributed by atoms with Crippen molar-refractivity contribution in [3.63, 3.8) is 0 Å². The fourth-order valence-electron chi connectivity index (χ4n) is 5.83. The lowest BCUT2D eigenvalue weighted by Crippen LogP contribution is -2.52. The summed E-state index contributed by atoms with van der Waals surface area (Å²) in [6.07, 6.45) is 6.43. The van der Waals surface area contributed by atoms with E-state index in [0.717, 1.165) is 49.3 Å². The third-order valence-corrected chi connectivity index (χ3v) is 8.95. The van der Waals surface area contributed by atoms with Gasteiger partial charge in [-0.25, -0.2) is 4.68 Å².